The average molecular weight is 299 g/mol. The summed E-state index contributed by atoms with van der Waals surface area (Å²) in [4.78, 5) is 2.65. The van der Waals surface area contributed by atoms with Crippen molar-refractivity contribution in [1.29, 1.82) is 0 Å². The van der Waals surface area contributed by atoms with E-state index in [9.17, 15) is 0 Å². The minimum atomic E-state index is 0. The van der Waals surface area contributed by atoms with Gasteiger partial charge in [0.25, 0.3) is 0 Å². The van der Waals surface area contributed by atoms with Crippen LogP contribution in [0, 0.1) is 12.3 Å². The van der Waals surface area contributed by atoms with Crippen LogP contribution in [0.1, 0.15) is 37.8 Å². The highest BCUT2D eigenvalue weighted by atomic mass is 35.5. The second-order valence-corrected chi connectivity index (χ2v) is 6.77. The summed E-state index contributed by atoms with van der Waals surface area (Å²) in [6, 6.07) is 0.570. The summed E-state index contributed by atoms with van der Waals surface area (Å²) in [5.41, 5.74) is 1.74. The van der Waals surface area contributed by atoms with Gasteiger partial charge in [0.15, 0.2) is 0 Å². The lowest BCUT2D eigenvalue weighted by molar-refractivity contribution is 0.119. The summed E-state index contributed by atoms with van der Waals surface area (Å²) in [5, 5.41) is 8.01. The molecule has 0 aliphatic carbocycles. The fraction of sp³-hybridized carbons (Fsp3) is 0.800. The smallest absolute Gasteiger partial charge is 0.0646 e. The van der Waals surface area contributed by atoms with Crippen molar-refractivity contribution in [2.45, 2.75) is 39.2 Å². The Bertz CT molecular complexity index is 425. The SMILES string of the molecule is Cc1cnn(C2CCCN(CC3(C)CCNC3)C2)c1.Cl. The van der Waals surface area contributed by atoms with Gasteiger partial charge in [-0.25, -0.2) is 0 Å². The topological polar surface area (TPSA) is 33.1 Å². The van der Waals surface area contributed by atoms with Gasteiger partial charge in [-0.2, -0.15) is 5.10 Å². The lowest BCUT2D eigenvalue weighted by Gasteiger charge is -2.37. The lowest BCUT2D eigenvalue weighted by atomic mass is 9.88. The normalized spacial score (nSPS) is 31.2. The molecule has 2 saturated heterocycles. The molecule has 5 heteroatoms. The van der Waals surface area contributed by atoms with Crippen molar-refractivity contribution in [2.24, 2.45) is 5.41 Å². The molecule has 0 aromatic carbocycles. The number of hydrogen-bond donors (Lipinski definition) is 1. The molecular formula is C15H27ClN4. The third-order valence-corrected chi connectivity index (χ3v) is 4.65. The molecule has 3 heterocycles. The molecule has 1 N–H and O–H groups in total. The fourth-order valence-electron chi connectivity index (χ4n) is 3.57. The van der Waals surface area contributed by atoms with E-state index in [1.165, 1.54) is 51.0 Å². The van der Waals surface area contributed by atoms with Gasteiger partial charge in [0.05, 0.1) is 12.2 Å². The van der Waals surface area contributed by atoms with Crippen LogP contribution in [0.3, 0.4) is 0 Å². The number of halogens is 1. The second-order valence-electron chi connectivity index (χ2n) is 6.77. The molecule has 2 atom stereocenters. The molecule has 0 bridgehead atoms. The highest BCUT2D eigenvalue weighted by molar-refractivity contribution is 5.85. The minimum Gasteiger partial charge on any atom is -0.316 e. The molecule has 3 rings (SSSR count). The van der Waals surface area contributed by atoms with Crippen molar-refractivity contribution in [3.8, 4) is 0 Å². The first-order chi connectivity index (χ1) is 9.15. The highest BCUT2D eigenvalue weighted by Crippen LogP contribution is 2.29. The van der Waals surface area contributed by atoms with Gasteiger partial charge in [0.1, 0.15) is 0 Å². The number of rotatable bonds is 3. The average Bonchev–Trinajstić information content (AvgIpc) is 2.99. The van der Waals surface area contributed by atoms with Crippen LogP contribution >= 0.6 is 12.4 Å². The number of hydrogen-bond acceptors (Lipinski definition) is 3. The third-order valence-electron chi connectivity index (χ3n) is 4.65. The van der Waals surface area contributed by atoms with Gasteiger partial charge in [-0.3, -0.25) is 4.68 Å². The monoisotopic (exact) mass is 298 g/mol. The van der Waals surface area contributed by atoms with Gasteiger partial charge >= 0.3 is 0 Å². The van der Waals surface area contributed by atoms with Crippen LogP contribution < -0.4 is 5.32 Å². The van der Waals surface area contributed by atoms with Crippen LogP contribution in [0.4, 0.5) is 0 Å². The molecule has 20 heavy (non-hydrogen) atoms. The Labute approximate surface area is 128 Å². The molecule has 0 amide bonds. The number of likely N-dealkylation sites (tertiary alicyclic amines) is 1. The maximum Gasteiger partial charge on any atom is 0.0646 e. The van der Waals surface area contributed by atoms with E-state index in [1.54, 1.807) is 0 Å². The van der Waals surface area contributed by atoms with E-state index in [4.69, 9.17) is 0 Å². The van der Waals surface area contributed by atoms with Crippen LogP contribution in [0.5, 0.6) is 0 Å². The maximum absolute atomic E-state index is 4.50. The van der Waals surface area contributed by atoms with E-state index in [1.807, 2.05) is 6.20 Å². The molecular weight excluding hydrogens is 272 g/mol. The van der Waals surface area contributed by atoms with Crippen LogP contribution in [0.15, 0.2) is 12.4 Å². The molecule has 2 aliphatic rings. The van der Waals surface area contributed by atoms with Crippen molar-refractivity contribution in [3.05, 3.63) is 18.0 Å². The maximum atomic E-state index is 4.50. The molecule has 0 saturated carbocycles. The number of nitrogens with one attached hydrogen (secondary N) is 1. The Morgan fingerprint density at radius 1 is 1.50 bits per heavy atom. The highest BCUT2D eigenvalue weighted by Gasteiger charge is 2.32. The molecule has 1 aromatic rings. The van der Waals surface area contributed by atoms with E-state index in [0.717, 1.165) is 6.54 Å². The molecule has 0 radical (unpaired) electrons. The Morgan fingerprint density at radius 3 is 3.00 bits per heavy atom. The first kappa shape index (κ1) is 15.8. The summed E-state index contributed by atoms with van der Waals surface area (Å²) in [6.45, 7) is 10.6. The minimum absolute atomic E-state index is 0. The van der Waals surface area contributed by atoms with Crippen molar-refractivity contribution >= 4 is 12.4 Å². The van der Waals surface area contributed by atoms with Gasteiger partial charge < -0.3 is 10.2 Å². The Balaban J connectivity index is 0.00000147. The number of piperidine rings is 1. The van der Waals surface area contributed by atoms with Crippen molar-refractivity contribution < 1.29 is 0 Å². The Hall–Kier alpha value is -0.580. The van der Waals surface area contributed by atoms with Crippen LogP contribution in [0.2, 0.25) is 0 Å². The van der Waals surface area contributed by atoms with Crippen LogP contribution in [0.25, 0.3) is 0 Å². The predicted octanol–water partition coefficient (Wildman–Crippen LogP) is 2.25. The van der Waals surface area contributed by atoms with E-state index in [2.05, 4.69) is 40.0 Å². The first-order valence-corrected chi connectivity index (χ1v) is 7.58. The van der Waals surface area contributed by atoms with E-state index < -0.39 is 0 Å². The summed E-state index contributed by atoms with van der Waals surface area (Å²) in [7, 11) is 0. The van der Waals surface area contributed by atoms with E-state index >= 15 is 0 Å². The molecule has 114 valence electrons. The zero-order valence-electron chi connectivity index (χ0n) is 12.6. The van der Waals surface area contributed by atoms with Crippen molar-refractivity contribution in [2.75, 3.05) is 32.7 Å². The summed E-state index contributed by atoms with van der Waals surface area (Å²) < 4.78 is 2.18. The first-order valence-electron chi connectivity index (χ1n) is 7.58. The number of nitrogens with zero attached hydrogens (tertiary/aromatic N) is 3. The van der Waals surface area contributed by atoms with E-state index in [0.29, 0.717) is 11.5 Å². The molecule has 2 unspecified atom stereocenters. The van der Waals surface area contributed by atoms with Gasteiger partial charge in [0, 0.05) is 25.8 Å². The van der Waals surface area contributed by atoms with Gasteiger partial charge in [0.2, 0.25) is 0 Å². The Kier molecular flexibility index (Phi) is 5.10. The lowest BCUT2D eigenvalue weighted by Crippen LogP contribution is -2.43. The number of aryl methyl sites for hydroxylation is 1. The van der Waals surface area contributed by atoms with Gasteiger partial charge in [-0.05, 0) is 50.3 Å². The predicted molar refractivity (Wildman–Crippen MR) is 84.5 cm³/mol. The third kappa shape index (κ3) is 3.54. The second kappa shape index (κ2) is 6.46. The quantitative estimate of drug-likeness (QED) is 0.929. The summed E-state index contributed by atoms with van der Waals surface area (Å²) in [5.74, 6) is 0. The largest absolute Gasteiger partial charge is 0.316 e. The van der Waals surface area contributed by atoms with Crippen LogP contribution in [-0.2, 0) is 0 Å². The fourth-order valence-corrected chi connectivity index (χ4v) is 3.57. The molecule has 2 aliphatic heterocycles. The molecule has 1 aromatic heterocycles. The van der Waals surface area contributed by atoms with Gasteiger partial charge in [-0.15, -0.1) is 12.4 Å². The number of aromatic nitrogens is 2. The van der Waals surface area contributed by atoms with E-state index in [-0.39, 0.29) is 12.4 Å². The molecule has 2 fully saturated rings. The van der Waals surface area contributed by atoms with Gasteiger partial charge in [-0.1, -0.05) is 6.92 Å². The molecule has 0 spiro atoms. The zero-order valence-corrected chi connectivity index (χ0v) is 13.5. The Morgan fingerprint density at radius 2 is 2.35 bits per heavy atom. The molecule has 4 nitrogen and oxygen atoms in total. The summed E-state index contributed by atoms with van der Waals surface area (Å²) >= 11 is 0. The van der Waals surface area contributed by atoms with Crippen molar-refractivity contribution in [3.63, 3.8) is 0 Å². The summed E-state index contributed by atoms with van der Waals surface area (Å²) in [6.07, 6.45) is 8.04. The zero-order chi connectivity index (χ0) is 13.3. The standard InChI is InChI=1S/C15H26N4.ClH/c1-13-8-17-19(9-13)14-4-3-7-18(10-14)12-15(2)5-6-16-11-15;/h8-9,14,16H,3-7,10-12H2,1-2H3;1H. The van der Waals surface area contributed by atoms with Crippen LogP contribution in [-0.4, -0.2) is 47.4 Å². The van der Waals surface area contributed by atoms with Crippen molar-refractivity contribution in [1.82, 2.24) is 20.0 Å².